The van der Waals surface area contributed by atoms with Crippen LogP contribution in [0.3, 0.4) is 0 Å². The Bertz CT molecular complexity index is 464. The maximum atomic E-state index is 12.6. The van der Waals surface area contributed by atoms with Gasteiger partial charge in [-0.1, -0.05) is 11.6 Å². The van der Waals surface area contributed by atoms with Gasteiger partial charge < -0.3 is 10.4 Å². The summed E-state index contributed by atoms with van der Waals surface area (Å²) in [7, 11) is 0. The first-order valence-corrected chi connectivity index (χ1v) is 5.67. The normalized spacial score (nSPS) is 27.8. The number of halogens is 4. The van der Waals surface area contributed by atoms with E-state index in [1.165, 1.54) is 0 Å². The molecule has 0 amide bonds. The van der Waals surface area contributed by atoms with Gasteiger partial charge in [-0.2, -0.15) is 13.2 Å². The van der Waals surface area contributed by atoms with E-state index in [9.17, 15) is 18.3 Å². The van der Waals surface area contributed by atoms with E-state index in [1.54, 1.807) is 6.92 Å². The number of anilines is 1. The lowest BCUT2D eigenvalue weighted by molar-refractivity contribution is -0.137. The molecule has 1 aromatic rings. The molecule has 2 N–H and O–H groups in total. The van der Waals surface area contributed by atoms with Crippen molar-refractivity contribution in [2.45, 2.75) is 37.6 Å². The number of rotatable bonds is 2. The molecule has 0 spiro atoms. The Morgan fingerprint density at radius 2 is 2.17 bits per heavy atom. The van der Waals surface area contributed by atoms with Crippen LogP contribution in [-0.2, 0) is 6.18 Å². The Morgan fingerprint density at radius 3 is 2.61 bits per heavy atom. The summed E-state index contributed by atoms with van der Waals surface area (Å²) < 4.78 is 37.8. The Balaban J connectivity index is 2.20. The molecular weight excluding hydrogens is 271 g/mol. The van der Waals surface area contributed by atoms with E-state index >= 15 is 0 Å². The van der Waals surface area contributed by atoms with Crippen molar-refractivity contribution in [1.29, 1.82) is 0 Å². The van der Waals surface area contributed by atoms with Crippen LogP contribution >= 0.6 is 11.6 Å². The predicted molar refractivity (Wildman–Crippen MR) is 59.3 cm³/mol. The second-order valence-corrected chi connectivity index (χ2v) is 4.88. The maximum Gasteiger partial charge on any atom is 0.419 e. The number of nitrogens with one attached hydrogen (secondary N) is 1. The van der Waals surface area contributed by atoms with Crippen molar-refractivity contribution in [3.63, 3.8) is 0 Å². The van der Waals surface area contributed by atoms with Gasteiger partial charge in [0.15, 0.2) is 5.15 Å². The summed E-state index contributed by atoms with van der Waals surface area (Å²) in [5, 5.41) is 18.6. The molecule has 100 valence electrons. The van der Waals surface area contributed by atoms with Crippen molar-refractivity contribution >= 4 is 17.4 Å². The van der Waals surface area contributed by atoms with Gasteiger partial charge >= 0.3 is 6.18 Å². The molecule has 1 saturated carbocycles. The van der Waals surface area contributed by atoms with Gasteiger partial charge in [-0.05, 0) is 25.8 Å². The van der Waals surface area contributed by atoms with Crippen molar-refractivity contribution in [2.75, 3.05) is 5.32 Å². The SMILES string of the molecule is CC1(O)CCC1Nc1cc(C(F)(F)F)c(Cl)nn1. The second kappa shape index (κ2) is 4.24. The Labute approximate surface area is 106 Å². The van der Waals surface area contributed by atoms with Gasteiger partial charge in [-0.3, -0.25) is 0 Å². The zero-order chi connectivity index (χ0) is 13.6. The molecular formula is C10H11ClF3N3O. The molecule has 8 heteroatoms. The van der Waals surface area contributed by atoms with Gasteiger partial charge in [0.2, 0.25) is 0 Å². The fraction of sp³-hybridized carbons (Fsp3) is 0.600. The predicted octanol–water partition coefficient (Wildman–Crippen LogP) is 2.47. The van der Waals surface area contributed by atoms with E-state index in [0.29, 0.717) is 12.8 Å². The first-order valence-electron chi connectivity index (χ1n) is 5.29. The van der Waals surface area contributed by atoms with Gasteiger partial charge in [0.25, 0.3) is 0 Å². The van der Waals surface area contributed by atoms with Crippen LogP contribution in [0.4, 0.5) is 19.0 Å². The molecule has 4 nitrogen and oxygen atoms in total. The van der Waals surface area contributed by atoms with E-state index in [2.05, 4.69) is 15.5 Å². The molecule has 0 aromatic carbocycles. The average molecular weight is 282 g/mol. The number of alkyl halides is 3. The molecule has 0 bridgehead atoms. The Kier molecular flexibility index (Phi) is 3.14. The summed E-state index contributed by atoms with van der Waals surface area (Å²) in [6.07, 6.45) is -3.32. The van der Waals surface area contributed by atoms with E-state index < -0.39 is 22.5 Å². The van der Waals surface area contributed by atoms with E-state index in [-0.39, 0.29) is 11.9 Å². The lowest BCUT2D eigenvalue weighted by Crippen LogP contribution is -2.53. The Hall–Kier alpha value is -1.08. The van der Waals surface area contributed by atoms with Crippen molar-refractivity contribution < 1.29 is 18.3 Å². The van der Waals surface area contributed by atoms with Crippen LogP contribution in [0.1, 0.15) is 25.3 Å². The summed E-state index contributed by atoms with van der Waals surface area (Å²) in [4.78, 5) is 0. The molecule has 2 rings (SSSR count). The van der Waals surface area contributed by atoms with Crippen LogP contribution < -0.4 is 5.32 Å². The number of hydrogen-bond donors (Lipinski definition) is 2. The summed E-state index contributed by atoms with van der Waals surface area (Å²) >= 11 is 5.35. The van der Waals surface area contributed by atoms with Crippen LogP contribution in [0.15, 0.2) is 6.07 Å². The van der Waals surface area contributed by atoms with Crippen LogP contribution in [0.25, 0.3) is 0 Å². The van der Waals surface area contributed by atoms with Crippen molar-refractivity contribution in [2.24, 2.45) is 0 Å². The van der Waals surface area contributed by atoms with Crippen LogP contribution in [-0.4, -0.2) is 26.9 Å². The molecule has 2 atom stereocenters. The van der Waals surface area contributed by atoms with Crippen LogP contribution in [0.2, 0.25) is 5.15 Å². The van der Waals surface area contributed by atoms with Gasteiger partial charge in [0.1, 0.15) is 5.82 Å². The minimum Gasteiger partial charge on any atom is -0.388 e. The third-order valence-electron chi connectivity index (χ3n) is 3.07. The van der Waals surface area contributed by atoms with Gasteiger partial charge in [0.05, 0.1) is 17.2 Å². The van der Waals surface area contributed by atoms with Crippen molar-refractivity contribution in [3.8, 4) is 0 Å². The Morgan fingerprint density at radius 1 is 1.50 bits per heavy atom. The summed E-state index contributed by atoms with van der Waals surface area (Å²) in [6, 6.07) is 0.470. The quantitative estimate of drug-likeness (QED) is 0.874. The third kappa shape index (κ3) is 2.51. The smallest absolute Gasteiger partial charge is 0.388 e. The van der Waals surface area contributed by atoms with Crippen molar-refractivity contribution in [1.82, 2.24) is 10.2 Å². The highest BCUT2D eigenvalue weighted by atomic mass is 35.5. The standard InChI is InChI=1S/C10H11ClF3N3O/c1-9(18)3-2-6(9)15-7-4-5(10(12,13)14)8(11)17-16-7/h4,6,18H,2-3H2,1H3,(H,15,16). The molecule has 1 aliphatic carbocycles. The number of aromatic nitrogens is 2. The van der Waals surface area contributed by atoms with Gasteiger partial charge in [-0.25, -0.2) is 0 Å². The average Bonchev–Trinajstić information content (AvgIpc) is 2.25. The molecule has 18 heavy (non-hydrogen) atoms. The number of hydrogen-bond acceptors (Lipinski definition) is 4. The minimum atomic E-state index is -4.58. The summed E-state index contributed by atoms with van der Waals surface area (Å²) in [5.41, 5.74) is -1.97. The van der Waals surface area contributed by atoms with Crippen LogP contribution in [0, 0.1) is 0 Å². The summed E-state index contributed by atoms with van der Waals surface area (Å²) in [6.45, 7) is 1.61. The minimum absolute atomic E-state index is 0.0447. The monoisotopic (exact) mass is 281 g/mol. The molecule has 0 saturated heterocycles. The lowest BCUT2D eigenvalue weighted by Gasteiger charge is -2.43. The van der Waals surface area contributed by atoms with Crippen molar-refractivity contribution in [3.05, 3.63) is 16.8 Å². The molecule has 2 unspecified atom stereocenters. The van der Waals surface area contributed by atoms with Gasteiger partial charge in [-0.15, -0.1) is 10.2 Å². The summed E-state index contributed by atoms with van der Waals surface area (Å²) in [5.74, 6) is -0.0447. The zero-order valence-corrected chi connectivity index (χ0v) is 10.2. The van der Waals surface area contributed by atoms with Crippen LogP contribution in [0.5, 0.6) is 0 Å². The van der Waals surface area contributed by atoms with E-state index in [4.69, 9.17) is 11.6 Å². The highest BCUT2D eigenvalue weighted by Gasteiger charge is 2.41. The molecule has 1 aliphatic rings. The van der Waals surface area contributed by atoms with E-state index in [1.807, 2.05) is 0 Å². The molecule has 1 aromatic heterocycles. The largest absolute Gasteiger partial charge is 0.419 e. The maximum absolute atomic E-state index is 12.6. The number of aliphatic hydroxyl groups is 1. The number of nitrogens with zero attached hydrogens (tertiary/aromatic N) is 2. The van der Waals surface area contributed by atoms with E-state index in [0.717, 1.165) is 6.07 Å². The first kappa shape index (κ1) is 13.4. The fourth-order valence-electron chi connectivity index (χ4n) is 1.76. The van der Waals surface area contributed by atoms with Gasteiger partial charge in [0, 0.05) is 0 Å². The highest BCUT2D eigenvalue weighted by molar-refractivity contribution is 6.30. The highest BCUT2D eigenvalue weighted by Crippen LogP contribution is 2.36. The second-order valence-electron chi connectivity index (χ2n) is 4.52. The molecule has 0 radical (unpaired) electrons. The lowest BCUT2D eigenvalue weighted by atomic mass is 9.76. The molecule has 1 heterocycles. The molecule has 0 aliphatic heterocycles. The molecule has 1 fully saturated rings. The first-order chi connectivity index (χ1) is 8.20. The third-order valence-corrected chi connectivity index (χ3v) is 3.35. The fourth-order valence-corrected chi connectivity index (χ4v) is 1.96. The topological polar surface area (TPSA) is 58.0 Å². The zero-order valence-electron chi connectivity index (χ0n) is 9.42.